The Labute approximate surface area is 190 Å². The van der Waals surface area contributed by atoms with Crippen LogP contribution in [-0.2, 0) is 0 Å². The summed E-state index contributed by atoms with van der Waals surface area (Å²) in [6.45, 7) is 0. The number of amides is 1. The molecular weight excluding hydrogens is 463 g/mol. The molecule has 2 heterocycles. The molecule has 0 saturated heterocycles. The highest BCUT2D eigenvalue weighted by Gasteiger charge is 2.47. The lowest BCUT2D eigenvalue weighted by Gasteiger charge is -2.33. The van der Waals surface area contributed by atoms with E-state index in [9.17, 15) is 26.7 Å². The van der Waals surface area contributed by atoms with Crippen molar-refractivity contribution in [3.63, 3.8) is 0 Å². The minimum atomic E-state index is -4.66. The lowest BCUT2D eigenvalue weighted by atomic mass is 9.96. The van der Waals surface area contributed by atoms with Gasteiger partial charge in [0.05, 0.1) is 25.9 Å². The van der Waals surface area contributed by atoms with Gasteiger partial charge in [-0.3, -0.25) is 4.79 Å². The van der Waals surface area contributed by atoms with E-state index in [0.29, 0.717) is 27.8 Å². The van der Waals surface area contributed by atoms with Crippen LogP contribution >= 0.6 is 0 Å². The van der Waals surface area contributed by atoms with E-state index in [1.165, 1.54) is 14.2 Å². The largest absolute Gasteiger partial charge is 0.493 e. The fourth-order valence-corrected chi connectivity index (χ4v) is 3.75. The molecule has 2 aromatic carbocycles. The fourth-order valence-electron chi connectivity index (χ4n) is 3.75. The van der Waals surface area contributed by atoms with E-state index in [2.05, 4.69) is 15.7 Å². The van der Waals surface area contributed by atoms with Crippen LogP contribution in [0, 0.1) is 11.6 Å². The van der Waals surface area contributed by atoms with Gasteiger partial charge in [0.15, 0.2) is 23.2 Å². The highest BCUT2D eigenvalue weighted by Crippen LogP contribution is 2.44. The Hall–Kier alpha value is -3.83. The molecule has 2 atom stereocenters. The Kier molecular flexibility index (Phi) is 6.07. The number of carbonyl (C=O) groups is 1. The number of ether oxygens (including phenoxy) is 2. The molecule has 1 aliphatic heterocycles. The van der Waals surface area contributed by atoms with Crippen LogP contribution in [0.2, 0.25) is 0 Å². The normalized spacial score (nSPS) is 17.5. The van der Waals surface area contributed by atoms with Crippen molar-refractivity contribution in [1.29, 1.82) is 0 Å². The molecule has 4 rings (SSSR count). The third-order valence-electron chi connectivity index (χ3n) is 5.41. The molecule has 1 amide bonds. The second-order valence-corrected chi connectivity index (χ2v) is 7.54. The van der Waals surface area contributed by atoms with Crippen LogP contribution in [0.15, 0.2) is 42.5 Å². The molecule has 0 aliphatic carbocycles. The second-order valence-electron chi connectivity index (χ2n) is 7.54. The Morgan fingerprint density at radius 2 is 1.82 bits per heavy atom. The van der Waals surface area contributed by atoms with Crippen LogP contribution in [-0.4, -0.2) is 36.1 Å². The number of aromatic nitrogens is 2. The lowest BCUT2D eigenvalue weighted by Crippen LogP contribution is -2.35. The molecule has 0 spiro atoms. The van der Waals surface area contributed by atoms with Crippen molar-refractivity contribution in [2.45, 2.75) is 24.7 Å². The van der Waals surface area contributed by atoms with E-state index in [1.54, 1.807) is 18.2 Å². The molecule has 2 N–H and O–H groups in total. The Bertz CT molecular complexity index is 1230. The molecule has 7 nitrogen and oxygen atoms in total. The van der Waals surface area contributed by atoms with E-state index in [4.69, 9.17) is 9.47 Å². The predicted octanol–water partition coefficient (Wildman–Crippen LogP) is 5.09. The Morgan fingerprint density at radius 1 is 1.09 bits per heavy atom. The smallest absolute Gasteiger partial charge is 0.410 e. The number of fused-ring (bicyclic) bond motifs is 1. The van der Waals surface area contributed by atoms with Crippen molar-refractivity contribution >= 4 is 17.4 Å². The third-order valence-corrected chi connectivity index (χ3v) is 5.41. The number of alkyl halides is 3. The number of nitrogens with zero attached hydrogens (tertiary/aromatic N) is 2. The third kappa shape index (κ3) is 4.47. The maximum absolute atomic E-state index is 13.9. The maximum atomic E-state index is 13.9. The van der Waals surface area contributed by atoms with Crippen LogP contribution in [0.1, 0.15) is 34.6 Å². The summed E-state index contributed by atoms with van der Waals surface area (Å²) in [6, 6.07) is 5.62. The number of nitrogens with one attached hydrogen (secondary N) is 2. The van der Waals surface area contributed by atoms with Crippen molar-refractivity contribution in [2.75, 3.05) is 24.9 Å². The fraction of sp³-hybridized carbons (Fsp3) is 0.273. The summed E-state index contributed by atoms with van der Waals surface area (Å²) < 4.78 is 79.8. The van der Waals surface area contributed by atoms with Gasteiger partial charge >= 0.3 is 6.18 Å². The van der Waals surface area contributed by atoms with Crippen LogP contribution in [0.25, 0.3) is 0 Å². The zero-order chi connectivity index (χ0) is 24.6. The summed E-state index contributed by atoms with van der Waals surface area (Å²) >= 11 is 0. The maximum Gasteiger partial charge on any atom is 0.410 e. The first-order valence-electron chi connectivity index (χ1n) is 10.0. The summed E-state index contributed by atoms with van der Waals surface area (Å²) in [5.41, 5.74) is -0.187. The summed E-state index contributed by atoms with van der Waals surface area (Å²) in [5, 5.41) is 8.97. The molecule has 3 aromatic rings. The van der Waals surface area contributed by atoms with Crippen molar-refractivity contribution in [1.82, 2.24) is 9.78 Å². The zero-order valence-corrected chi connectivity index (χ0v) is 17.9. The van der Waals surface area contributed by atoms with Gasteiger partial charge in [-0.1, -0.05) is 6.07 Å². The summed E-state index contributed by atoms with van der Waals surface area (Å²) in [7, 11) is 2.86. The highest BCUT2D eigenvalue weighted by atomic mass is 19.4. The molecular formula is C22H19F5N4O3. The summed E-state index contributed by atoms with van der Waals surface area (Å²) in [4.78, 5) is 12.5. The molecule has 1 aliphatic rings. The van der Waals surface area contributed by atoms with Crippen molar-refractivity contribution in [3.8, 4) is 11.5 Å². The van der Waals surface area contributed by atoms with Crippen molar-refractivity contribution < 1.29 is 36.2 Å². The van der Waals surface area contributed by atoms with Crippen LogP contribution < -0.4 is 20.1 Å². The number of hydrogen-bond donors (Lipinski definition) is 2. The summed E-state index contributed by atoms with van der Waals surface area (Å²) in [5.74, 6) is -2.09. The topological polar surface area (TPSA) is 77.4 Å². The van der Waals surface area contributed by atoms with E-state index >= 15 is 0 Å². The van der Waals surface area contributed by atoms with Gasteiger partial charge in [0.25, 0.3) is 5.91 Å². The molecule has 180 valence electrons. The average Bonchev–Trinajstić information content (AvgIpc) is 3.23. The van der Waals surface area contributed by atoms with Gasteiger partial charge in [-0.05, 0) is 29.8 Å². The molecule has 34 heavy (non-hydrogen) atoms. The SMILES string of the molecule is COc1ccc([C@H]2C[C@H](C(F)(F)F)n3nc(C(=O)Nc4ccc(F)cc4F)cc3N2)cc1OC. The van der Waals surface area contributed by atoms with E-state index < -0.39 is 42.2 Å². The van der Waals surface area contributed by atoms with E-state index in [1.807, 2.05) is 0 Å². The van der Waals surface area contributed by atoms with Gasteiger partial charge in [0.1, 0.15) is 17.5 Å². The standard InChI is InChI=1S/C22H19F5N4O3/c1-33-17-6-3-11(7-18(17)34-2)15-9-19(22(25,26)27)31-20(28-15)10-16(30-31)21(32)29-14-5-4-12(23)8-13(14)24/h3-8,10,15,19,28H,9H2,1-2H3,(H,29,32)/t15-,19-/m1/s1. The van der Waals surface area contributed by atoms with Gasteiger partial charge in [0, 0.05) is 18.6 Å². The number of benzene rings is 2. The Morgan fingerprint density at radius 3 is 2.47 bits per heavy atom. The van der Waals surface area contributed by atoms with Crippen molar-refractivity contribution in [3.05, 3.63) is 65.4 Å². The van der Waals surface area contributed by atoms with E-state index in [-0.39, 0.29) is 17.2 Å². The van der Waals surface area contributed by atoms with Gasteiger partial charge in [-0.15, -0.1) is 0 Å². The number of rotatable bonds is 5. The van der Waals surface area contributed by atoms with Crippen LogP contribution in [0.3, 0.4) is 0 Å². The molecule has 0 unspecified atom stereocenters. The minimum Gasteiger partial charge on any atom is -0.493 e. The van der Waals surface area contributed by atoms with Gasteiger partial charge in [-0.2, -0.15) is 18.3 Å². The monoisotopic (exact) mass is 482 g/mol. The quantitative estimate of drug-likeness (QED) is 0.496. The molecule has 0 saturated carbocycles. The van der Waals surface area contributed by atoms with E-state index in [0.717, 1.165) is 18.2 Å². The van der Waals surface area contributed by atoms with Crippen LogP contribution in [0.5, 0.6) is 11.5 Å². The van der Waals surface area contributed by atoms with Crippen molar-refractivity contribution in [2.24, 2.45) is 0 Å². The lowest BCUT2D eigenvalue weighted by molar-refractivity contribution is -0.173. The number of anilines is 2. The summed E-state index contributed by atoms with van der Waals surface area (Å²) in [6.07, 6.45) is -5.06. The molecule has 0 radical (unpaired) electrons. The molecule has 12 heteroatoms. The first kappa shape index (κ1) is 23.3. The van der Waals surface area contributed by atoms with Crippen LogP contribution in [0.4, 0.5) is 33.5 Å². The first-order valence-corrected chi connectivity index (χ1v) is 10.0. The van der Waals surface area contributed by atoms with Gasteiger partial charge in [-0.25, -0.2) is 13.5 Å². The minimum absolute atomic E-state index is 0.0434. The molecule has 1 aromatic heterocycles. The van der Waals surface area contributed by atoms with Gasteiger partial charge in [0.2, 0.25) is 0 Å². The number of carbonyl (C=O) groups excluding carboxylic acids is 1. The predicted molar refractivity (Wildman–Crippen MR) is 112 cm³/mol. The molecule has 0 fully saturated rings. The average molecular weight is 482 g/mol. The highest BCUT2D eigenvalue weighted by molar-refractivity contribution is 6.03. The van der Waals surface area contributed by atoms with Gasteiger partial charge < -0.3 is 20.1 Å². The Balaban J connectivity index is 1.65. The number of methoxy groups -OCH3 is 2. The molecule has 0 bridgehead atoms. The first-order chi connectivity index (χ1) is 16.1. The number of hydrogen-bond acceptors (Lipinski definition) is 5. The zero-order valence-electron chi connectivity index (χ0n) is 17.9. The number of halogens is 5. The second kappa shape index (κ2) is 8.84.